The molecule has 0 amide bonds. The zero-order valence-electron chi connectivity index (χ0n) is 8.00. The average Bonchev–Trinajstić information content (AvgIpc) is 2.18. The Morgan fingerprint density at radius 2 is 2.33 bits per heavy atom. The second kappa shape index (κ2) is 4.55. The van der Waals surface area contributed by atoms with Crippen LogP contribution in [-0.2, 0) is 6.42 Å². The number of alkyl halides is 2. The molecule has 0 fully saturated rings. The first-order valence-corrected chi connectivity index (χ1v) is 4.08. The normalized spacial score (nSPS) is 10.1. The predicted molar refractivity (Wildman–Crippen MR) is 49.5 cm³/mol. The number of nitrogens with two attached hydrogens (primary N) is 1. The van der Waals surface area contributed by atoms with E-state index >= 15 is 0 Å². The molecule has 6 heteroatoms. The molecular weight excluding hydrogens is 204 g/mol. The lowest BCUT2D eigenvalue weighted by molar-refractivity contribution is 0.144. The summed E-state index contributed by atoms with van der Waals surface area (Å²) in [5.41, 5.74) is 5.23. The van der Waals surface area contributed by atoms with Gasteiger partial charge >= 0.3 is 0 Å². The summed E-state index contributed by atoms with van der Waals surface area (Å²) in [5.74, 6) is 0.0989. The molecule has 0 bridgehead atoms. The maximum Gasteiger partial charge on any atom is 0.280 e. The van der Waals surface area contributed by atoms with Crippen molar-refractivity contribution in [1.82, 2.24) is 4.98 Å². The summed E-state index contributed by atoms with van der Waals surface area (Å²) in [6.45, 7) is 0. The van der Waals surface area contributed by atoms with Crippen LogP contribution in [0.5, 0.6) is 5.75 Å². The fourth-order valence-electron chi connectivity index (χ4n) is 1.25. The highest BCUT2D eigenvalue weighted by Gasteiger charge is 2.20. The molecule has 0 aliphatic rings. The first-order chi connectivity index (χ1) is 7.11. The Bertz CT molecular complexity index is 401. The Morgan fingerprint density at radius 1 is 1.67 bits per heavy atom. The van der Waals surface area contributed by atoms with Crippen LogP contribution in [0.25, 0.3) is 0 Å². The Kier molecular flexibility index (Phi) is 3.39. The minimum atomic E-state index is -2.75. The van der Waals surface area contributed by atoms with Gasteiger partial charge in [0.2, 0.25) is 0 Å². The molecule has 1 aromatic rings. The van der Waals surface area contributed by atoms with Gasteiger partial charge in [0.25, 0.3) is 6.43 Å². The highest BCUT2D eigenvalue weighted by atomic mass is 19.3. The minimum Gasteiger partial charge on any atom is -0.494 e. The van der Waals surface area contributed by atoms with Crippen LogP contribution in [-0.4, -0.2) is 12.1 Å². The van der Waals surface area contributed by atoms with Gasteiger partial charge in [0.05, 0.1) is 31.5 Å². The van der Waals surface area contributed by atoms with Crippen LogP contribution in [0.4, 0.5) is 14.5 Å². The molecule has 0 aliphatic carbocycles. The van der Waals surface area contributed by atoms with Gasteiger partial charge in [0.15, 0.2) is 0 Å². The van der Waals surface area contributed by atoms with Gasteiger partial charge in [-0.3, -0.25) is 4.98 Å². The summed E-state index contributed by atoms with van der Waals surface area (Å²) >= 11 is 0. The molecule has 0 atom stereocenters. The van der Waals surface area contributed by atoms with Gasteiger partial charge in [-0.15, -0.1) is 0 Å². The Balaban J connectivity index is 3.36. The molecule has 0 spiro atoms. The molecule has 0 saturated carbocycles. The molecule has 4 nitrogen and oxygen atoms in total. The van der Waals surface area contributed by atoms with E-state index in [4.69, 9.17) is 15.7 Å². The van der Waals surface area contributed by atoms with Crippen LogP contribution in [0.2, 0.25) is 0 Å². The largest absolute Gasteiger partial charge is 0.494 e. The third-order valence-electron chi connectivity index (χ3n) is 1.85. The van der Waals surface area contributed by atoms with Gasteiger partial charge in [0.1, 0.15) is 11.4 Å². The minimum absolute atomic E-state index is 0.0509. The Hall–Kier alpha value is -1.90. The lowest BCUT2D eigenvalue weighted by Gasteiger charge is -2.12. The van der Waals surface area contributed by atoms with Crippen molar-refractivity contribution < 1.29 is 13.5 Å². The zero-order valence-corrected chi connectivity index (χ0v) is 8.00. The molecule has 2 N–H and O–H groups in total. The van der Waals surface area contributed by atoms with Gasteiger partial charge in [-0.25, -0.2) is 8.78 Å². The Labute approximate surface area is 85.3 Å². The number of halogens is 2. The van der Waals surface area contributed by atoms with Gasteiger partial charge in [-0.05, 0) is 0 Å². The monoisotopic (exact) mass is 213 g/mol. The fourth-order valence-corrected chi connectivity index (χ4v) is 1.25. The highest BCUT2D eigenvalue weighted by molar-refractivity contribution is 5.57. The number of anilines is 1. The number of hydrogen-bond donors (Lipinski definition) is 1. The van der Waals surface area contributed by atoms with Crippen molar-refractivity contribution in [1.29, 1.82) is 5.26 Å². The van der Waals surface area contributed by atoms with Crippen molar-refractivity contribution in [2.24, 2.45) is 0 Å². The number of hydrogen-bond acceptors (Lipinski definition) is 4. The zero-order chi connectivity index (χ0) is 11.4. The van der Waals surface area contributed by atoms with Crippen LogP contribution in [0.15, 0.2) is 6.20 Å². The molecule has 0 radical (unpaired) electrons. The van der Waals surface area contributed by atoms with Crippen molar-refractivity contribution in [3.63, 3.8) is 0 Å². The van der Waals surface area contributed by atoms with Crippen LogP contribution in [0.1, 0.15) is 17.7 Å². The number of pyridine rings is 1. The maximum atomic E-state index is 12.5. The van der Waals surface area contributed by atoms with Gasteiger partial charge in [0, 0.05) is 5.56 Å². The van der Waals surface area contributed by atoms with E-state index in [9.17, 15) is 8.78 Å². The number of aromatic nitrogens is 1. The summed E-state index contributed by atoms with van der Waals surface area (Å²) in [5, 5.41) is 8.52. The average molecular weight is 213 g/mol. The van der Waals surface area contributed by atoms with Gasteiger partial charge in [-0.2, -0.15) is 5.26 Å². The third kappa shape index (κ3) is 2.13. The van der Waals surface area contributed by atoms with E-state index in [-0.39, 0.29) is 23.4 Å². The molecule has 1 aromatic heterocycles. The molecule has 15 heavy (non-hydrogen) atoms. The van der Waals surface area contributed by atoms with Crippen LogP contribution in [0.3, 0.4) is 0 Å². The smallest absolute Gasteiger partial charge is 0.280 e. The second-order valence-corrected chi connectivity index (χ2v) is 2.75. The van der Waals surface area contributed by atoms with E-state index in [2.05, 4.69) is 4.98 Å². The Morgan fingerprint density at radius 3 is 2.80 bits per heavy atom. The predicted octanol–water partition coefficient (Wildman–Crippen LogP) is 1.68. The summed E-state index contributed by atoms with van der Waals surface area (Å²) in [6.07, 6.45) is -1.86. The van der Waals surface area contributed by atoms with Crippen molar-refractivity contribution in [3.05, 3.63) is 17.5 Å². The number of nitrogen functional groups attached to an aromatic ring is 1. The number of methoxy groups -OCH3 is 1. The molecule has 0 aliphatic heterocycles. The van der Waals surface area contributed by atoms with Crippen LogP contribution >= 0.6 is 0 Å². The number of rotatable bonds is 3. The van der Waals surface area contributed by atoms with Crippen molar-refractivity contribution >= 4 is 5.69 Å². The molecule has 1 rings (SSSR count). The number of ether oxygens (including phenoxy) is 1. The van der Waals surface area contributed by atoms with E-state index in [1.807, 2.05) is 0 Å². The lowest BCUT2D eigenvalue weighted by Crippen LogP contribution is -2.04. The van der Waals surface area contributed by atoms with Crippen LogP contribution < -0.4 is 10.5 Å². The quantitative estimate of drug-likeness (QED) is 0.828. The standard InChI is InChI=1S/C9H9F2N3O/c1-15-8-5(2-3-12)7(9(10)11)14-4-6(8)13/h4,9H,2,13H2,1H3. The maximum absolute atomic E-state index is 12.5. The summed E-state index contributed by atoms with van der Waals surface area (Å²) in [7, 11) is 1.31. The topological polar surface area (TPSA) is 71.9 Å². The van der Waals surface area contributed by atoms with Gasteiger partial charge in [-0.1, -0.05) is 0 Å². The van der Waals surface area contributed by atoms with Crippen molar-refractivity contribution in [2.75, 3.05) is 12.8 Å². The van der Waals surface area contributed by atoms with Crippen molar-refractivity contribution in [2.45, 2.75) is 12.8 Å². The number of nitriles is 1. The molecule has 0 saturated heterocycles. The molecule has 1 heterocycles. The second-order valence-electron chi connectivity index (χ2n) is 2.75. The summed E-state index contributed by atoms with van der Waals surface area (Å²) < 4.78 is 29.9. The first-order valence-electron chi connectivity index (χ1n) is 4.08. The van der Waals surface area contributed by atoms with E-state index < -0.39 is 12.1 Å². The molecule has 80 valence electrons. The van der Waals surface area contributed by atoms with E-state index in [0.717, 1.165) is 6.20 Å². The third-order valence-corrected chi connectivity index (χ3v) is 1.85. The highest BCUT2D eigenvalue weighted by Crippen LogP contribution is 2.32. The molecule has 0 unspecified atom stereocenters. The molecular formula is C9H9F2N3O. The number of nitrogens with zero attached hydrogens (tertiary/aromatic N) is 2. The SMILES string of the molecule is COc1c(N)cnc(C(F)F)c1CC#N. The lowest BCUT2D eigenvalue weighted by atomic mass is 10.1. The van der Waals surface area contributed by atoms with E-state index in [0.29, 0.717) is 0 Å². The summed E-state index contributed by atoms with van der Waals surface area (Å²) in [4.78, 5) is 3.50. The van der Waals surface area contributed by atoms with E-state index in [1.54, 1.807) is 6.07 Å². The fraction of sp³-hybridized carbons (Fsp3) is 0.333. The molecule has 0 aromatic carbocycles. The van der Waals surface area contributed by atoms with E-state index in [1.165, 1.54) is 7.11 Å². The van der Waals surface area contributed by atoms with Crippen molar-refractivity contribution in [3.8, 4) is 11.8 Å². The van der Waals surface area contributed by atoms with Gasteiger partial charge < -0.3 is 10.5 Å². The summed E-state index contributed by atoms with van der Waals surface area (Å²) in [6, 6.07) is 1.77. The van der Waals surface area contributed by atoms with Crippen LogP contribution in [0, 0.1) is 11.3 Å². The first kappa shape index (κ1) is 11.2.